The number of carbonyl (C=O) groups is 1. The van der Waals surface area contributed by atoms with Crippen LogP contribution in [0.2, 0.25) is 0 Å². The van der Waals surface area contributed by atoms with E-state index in [-0.39, 0.29) is 17.9 Å². The summed E-state index contributed by atoms with van der Waals surface area (Å²) in [5, 5.41) is 3.25. The summed E-state index contributed by atoms with van der Waals surface area (Å²) in [5.41, 5.74) is 6.13. The summed E-state index contributed by atoms with van der Waals surface area (Å²) in [6.07, 6.45) is 8.82. The summed E-state index contributed by atoms with van der Waals surface area (Å²) in [7, 11) is 0. The van der Waals surface area contributed by atoms with Gasteiger partial charge >= 0.3 is 0 Å². The average Bonchev–Trinajstić information content (AvgIpc) is 2.39. The molecule has 1 aliphatic carbocycles. The monoisotopic (exact) mass is 268 g/mol. The van der Waals surface area contributed by atoms with E-state index < -0.39 is 0 Å². The first kappa shape index (κ1) is 16.5. The highest BCUT2D eigenvalue weighted by molar-refractivity contribution is 5.79. The van der Waals surface area contributed by atoms with Crippen LogP contribution in [-0.2, 0) is 4.79 Å². The van der Waals surface area contributed by atoms with Gasteiger partial charge in [-0.05, 0) is 38.0 Å². The fraction of sp³-hybridized carbons (Fsp3) is 0.938. The topological polar surface area (TPSA) is 55.1 Å². The van der Waals surface area contributed by atoms with Gasteiger partial charge in [0.05, 0.1) is 5.92 Å². The second-order valence-corrected chi connectivity index (χ2v) is 6.32. The normalized spacial score (nSPS) is 28.9. The SMILES string of the molecule is CCCCC(CCC)NC(=O)C1CC(C)CCC1N. The zero-order valence-corrected chi connectivity index (χ0v) is 13.0. The summed E-state index contributed by atoms with van der Waals surface area (Å²) in [5.74, 6) is 0.870. The molecule has 19 heavy (non-hydrogen) atoms. The Kier molecular flexibility index (Phi) is 7.44. The molecule has 4 atom stereocenters. The fourth-order valence-electron chi connectivity index (χ4n) is 3.10. The molecule has 1 aliphatic rings. The van der Waals surface area contributed by atoms with E-state index in [4.69, 9.17) is 5.73 Å². The molecule has 4 unspecified atom stereocenters. The lowest BCUT2D eigenvalue weighted by Gasteiger charge is -2.32. The Morgan fingerprint density at radius 3 is 2.63 bits per heavy atom. The van der Waals surface area contributed by atoms with Gasteiger partial charge < -0.3 is 11.1 Å². The van der Waals surface area contributed by atoms with E-state index >= 15 is 0 Å². The standard InChI is InChI=1S/C16H32N2O/c1-4-6-8-13(7-5-2)18-16(19)14-11-12(3)9-10-15(14)17/h12-15H,4-11,17H2,1-3H3,(H,18,19). The molecule has 3 nitrogen and oxygen atoms in total. The van der Waals surface area contributed by atoms with Crippen LogP contribution in [-0.4, -0.2) is 18.0 Å². The fourth-order valence-corrected chi connectivity index (χ4v) is 3.10. The molecule has 0 aliphatic heterocycles. The summed E-state index contributed by atoms with van der Waals surface area (Å²) in [6, 6.07) is 0.409. The quantitative estimate of drug-likeness (QED) is 0.745. The molecule has 0 spiro atoms. The first-order valence-corrected chi connectivity index (χ1v) is 8.14. The number of nitrogens with one attached hydrogen (secondary N) is 1. The zero-order valence-electron chi connectivity index (χ0n) is 13.0. The van der Waals surface area contributed by atoms with Crippen molar-refractivity contribution in [3.63, 3.8) is 0 Å². The van der Waals surface area contributed by atoms with Crippen LogP contribution in [0.15, 0.2) is 0 Å². The smallest absolute Gasteiger partial charge is 0.224 e. The number of unbranched alkanes of at least 4 members (excludes halogenated alkanes) is 1. The van der Waals surface area contributed by atoms with Crippen LogP contribution in [0.3, 0.4) is 0 Å². The summed E-state index contributed by atoms with van der Waals surface area (Å²) >= 11 is 0. The Labute approximate surface area is 118 Å². The lowest BCUT2D eigenvalue weighted by atomic mass is 9.78. The van der Waals surface area contributed by atoms with Crippen molar-refractivity contribution in [1.82, 2.24) is 5.32 Å². The number of hydrogen-bond acceptors (Lipinski definition) is 2. The molecule has 1 fully saturated rings. The third-order valence-electron chi connectivity index (χ3n) is 4.39. The van der Waals surface area contributed by atoms with E-state index in [1.54, 1.807) is 0 Å². The number of amides is 1. The number of nitrogens with two attached hydrogens (primary N) is 1. The van der Waals surface area contributed by atoms with Crippen molar-refractivity contribution < 1.29 is 4.79 Å². The third-order valence-corrected chi connectivity index (χ3v) is 4.39. The van der Waals surface area contributed by atoms with Gasteiger partial charge in [0, 0.05) is 12.1 Å². The van der Waals surface area contributed by atoms with Crippen molar-refractivity contribution >= 4 is 5.91 Å². The molecule has 0 bridgehead atoms. The van der Waals surface area contributed by atoms with Crippen molar-refractivity contribution in [3.8, 4) is 0 Å². The first-order valence-electron chi connectivity index (χ1n) is 8.14. The van der Waals surface area contributed by atoms with Gasteiger partial charge in [-0.1, -0.05) is 40.0 Å². The second kappa shape index (κ2) is 8.57. The molecule has 0 radical (unpaired) electrons. The number of hydrogen-bond donors (Lipinski definition) is 2. The lowest BCUT2D eigenvalue weighted by molar-refractivity contribution is -0.127. The predicted octanol–water partition coefficient (Wildman–Crippen LogP) is 3.23. The Bertz CT molecular complexity index is 267. The van der Waals surface area contributed by atoms with Gasteiger partial charge in [-0.25, -0.2) is 0 Å². The average molecular weight is 268 g/mol. The Morgan fingerprint density at radius 2 is 2.00 bits per heavy atom. The maximum absolute atomic E-state index is 12.4. The maximum Gasteiger partial charge on any atom is 0.224 e. The highest BCUT2D eigenvalue weighted by Gasteiger charge is 2.32. The molecule has 0 heterocycles. The van der Waals surface area contributed by atoms with Gasteiger partial charge in [-0.15, -0.1) is 0 Å². The molecule has 112 valence electrons. The summed E-state index contributed by atoms with van der Waals surface area (Å²) in [4.78, 5) is 12.4. The molecule has 1 saturated carbocycles. The minimum atomic E-state index is 0.0322. The molecule has 0 aromatic heterocycles. The van der Waals surface area contributed by atoms with Crippen LogP contribution >= 0.6 is 0 Å². The minimum Gasteiger partial charge on any atom is -0.353 e. The Morgan fingerprint density at radius 1 is 1.26 bits per heavy atom. The van der Waals surface area contributed by atoms with E-state index in [0.29, 0.717) is 12.0 Å². The molecular weight excluding hydrogens is 236 g/mol. The minimum absolute atomic E-state index is 0.0322. The summed E-state index contributed by atoms with van der Waals surface area (Å²) < 4.78 is 0. The van der Waals surface area contributed by atoms with E-state index in [9.17, 15) is 4.79 Å². The molecule has 1 rings (SSSR count). The van der Waals surface area contributed by atoms with Crippen LogP contribution in [0.1, 0.15) is 72.1 Å². The largest absolute Gasteiger partial charge is 0.353 e. The van der Waals surface area contributed by atoms with Crippen LogP contribution in [0.4, 0.5) is 0 Å². The van der Waals surface area contributed by atoms with Crippen molar-refractivity contribution in [2.75, 3.05) is 0 Å². The van der Waals surface area contributed by atoms with Crippen molar-refractivity contribution in [3.05, 3.63) is 0 Å². The van der Waals surface area contributed by atoms with Gasteiger partial charge in [0.1, 0.15) is 0 Å². The van der Waals surface area contributed by atoms with Crippen molar-refractivity contribution in [1.29, 1.82) is 0 Å². The van der Waals surface area contributed by atoms with Gasteiger partial charge in [0.25, 0.3) is 0 Å². The Balaban J connectivity index is 2.49. The molecular formula is C16H32N2O. The molecule has 0 saturated heterocycles. The molecule has 3 N–H and O–H groups in total. The lowest BCUT2D eigenvalue weighted by Crippen LogP contribution is -2.48. The van der Waals surface area contributed by atoms with Crippen LogP contribution in [0.5, 0.6) is 0 Å². The van der Waals surface area contributed by atoms with Crippen LogP contribution in [0, 0.1) is 11.8 Å². The van der Waals surface area contributed by atoms with Crippen LogP contribution in [0.25, 0.3) is 0 Å². The van der Waals surface area contributed by atoms with E-state index in [0.717, 1.165) is 32.1 Å². The molecule has 3 heteroatoms. The third kappa shape index (κ3) is 5.52. The molecule has 0 aromatic carbocycles. The number of rotatable bonds is 7. The van der Waals surface area contributed by atoms with E-state index in [1.807, 2.05) is 0 Å². The molecule has 0 aromatic rings. The van der Waals surface area contributed by atoms with Gasteiger partial charge in [0.2, 0.25) is 5.91 Å². The van der Waals surface area contributed by atoms with Crippen molar-refractivity contribution in [2.45, 2.75) is 84.2 Å². The maximum atomic E-state index is 12.4. The van der Waals surface area contributed by atoms with Gasteiger partial charge in [-0.3, -0.25) is 4.79 Å². The zero-order chi connectivity index (χ0) is 14.3. The summed E-state index contributed by atoms with van der Waals surface area (Å²) in [6.45, 7) is 6.61. The highest BCUT2D eigenvalue weighted by atomic mass is 16.2. The van der Waals surface area contributed by atoms with E-state index in [1.165, 1.54) is 19.3 Å². The predicted molar refractivity (Wildman–Crippen MR) is 80.8 cm³/mol. The Hall–Kier alpha value is -0.570. The second-order valence-electron chi connectivity index (χ2n) is 6.32. The number of carbonyl (C=O) groups excluding carboxylic acids is 1. The highest BCUT2D eigenvalue weighted by Crippen LogP contribution is 2.28. The van der Waals surface area contributed by atoms with Gasteiger partial charge in [-0.2, -0.15) is 0 Å². The van der Waals surface area contributed by atoms with Crippen molar-refractivity contribution in [2.24, 2.45) is 17.6 Å². The first-order chi connectivity index (χ1) is 9.08. The van der Waals surface area contributed by atoms with Gasteiger partial charge in [0.15, 0.2) is 0 Å². The van der Waals surface area contributed by atoms with E-state index in [2.05, 4.69) is 26.1 Å². The van der Waals surface area contributed by atoms with Crippen LogP contribution < -0.4 is 11.1 Å². The molecule has 1 amide bonds.